The lowest BCUT2D eigenvalue weighted by atomic mass is 10.1. The van der Waals surface area contributed by atoms with Gasteiger partial charge >= 0.3 is 17.9 Å². The molecule has 0 spiro atoms. The standard InChI is InChI=1S/C9H16N2O4.C4H8O2/c1-8(2,6(12)13)10-11-9(3,4)7(14)15-5;1-2-3-4(5)6/h1-5H3,(H,12,13);2-3H2,1H3,(H,5,6). The summed E-state index contributed by atoms with van der Waals surface area (Å²) in [7, 11) is 1.24. The van der Waals surface area contributed by atoms with Crippen LogP contribution in [0.15, 0.2) is 10.2 Å². The van der Waals surface area contributed by atoms with E-state index in [-0.39, 0.29) is 0 Å². The van der Waals surface area contributed by atoms with Crippen molar-refractivity contribution in [1.29, 1.82) is 0 Å². The summed E-state index contributed by atoms with van der Waals surface area (Å²) in [5.41, 5.74) is -2.51. The van der Waals surface area contributed by atoms with E-state index in [1.165, 1.54) is 34.8 Å². The molecule has 0 saturated carbocycles. The molecule has 21 heavy (non-hydrogen) atoms. The number of hydrogen-bond donors (Lipinski definition) is 2. The van der Waals surface area contributed by atoms with E-state index >= 15 is 0 Å². The van der Waals surface area contributed by atoms with Crippen molar-refractivity contribution in [2.75, 3.05) is 7.11 Å². The summed E-state index contributed by atoms with van der Waals surface area (Å²) >= 11 is 0. The van der Waals surface area contributed by atoms with Crippen LogP contribution in [-0.4, -0.2) is 46.3 Å². The van der Waals surface area contributed by atoms with Crippen molar-refractivity contribution in [2.24, 2.45) is 10.2 Å². The monoisotopic (exact) mass is 304 g/mol. The molecule has 8 heteroatoms. The summed E-state index contributed by atoms with van der Waals surface area (Å²) < 4.78 is 4.50. The zero-order valence-electron chi connectivity index (χ0n) is 13.3. The van der Waals surface area contributed by atoms with E-state index in [1.807, 2.05) is 6.92 Å². The van der Waals surface area contributed by atoms with E-state index < -0.39 is 29.0 Å². The normalized spacial score (nSPS) is 11.5. The van der Waals surface area contributed by atoms with Crippen molar-refractivity contribution in [3.8, 4) is 0 Å². The number of aliphatic carboxylic acids is 2. The molecule has 0 aliphatic rings. The van der Waals surface area contributed by atoms with Gasteiger partial charge in [-0.2, -0.15) is 10.2 Å². The molecule has 0 amide bonds. The number of azo groups is 1. The molecule has 0 aromatic heterocycles. The molecule has 0 atom stereocenters. The molecule has 0 aromatic carbocycles. The Morgan fingerprint density at radius 1 is 1.00 bits per heavy atom. The van der Waals surface area contributed by atoms with E-state index in [2.05, 4.69) is 15.0 Å². The SMILES string of the molecule is CCCC(=O)O.COC(=O)C(C)(C)N=NC(C)(C)C(=O)O. The van der Waals surface area contributed by atoms with E-state index in [0.717, 1.165) is 6.42 Å². The molecule has 0 bridgehead atoms. The lowest BCUT2D eigenvalue weighted by molar-refractivity contribution is -0.146. The van der Waals surface area contributed by atoms with Gasteiger partial charge in [-0.15, -0.1) is 0 Å². The van der Waals surface area contributed by atoms with Crippen molar-refractivity contribution in [1.82, 2.24) is 0 Å². The van der Waals surface area contributed by atoms with Crippen molar-refractivity contribution < 1.29 is 29.3 Å². The first kappa shape index (κ1) is 21.3. The number of ether oxygens (including phenoxy) is 1. The van der Waals surface area contributed by atoms with E-state index in [0.29, 0.717) is 6.42 Å². The molecule has 0 aromatic rings. The van der Waals surface area contributed by atoms with E-state index in [9.17, 15) is 14.4 Å². The van der Waals surface area contributed by atoms with Gasteiger partial charge in [0.1, 0.15) is 0 Å². The number of methoxy groups -OCH3 is 1. The molecule has 2 N–H and O–H groups in total. The first-order valence-corrected chi connectivity index (χ1v) is 6.38. The maximum Gasteiger partial charge on any atom is 0.335 e. The summed E-state index contributed by atoms with van der Waals surface area (Å²) in [5, 5.41) is 24.0. The number of carboxylic acid groups (broad SMARTS) is 2. The minimum Gasteiger partial charge on any atom is -0.481 e. The van der Waals surface area contributed by atoms with Crippen LogP contribution in [0.3, 0.4) is 0 Å². The molecule has 0 aliphatic heterocycles. The second-order valence-electron chi connectivity index (χ2n) is 5.26. The molecule has 0 heterocycles. The second-order valence-corrected chi connectivity index (χ2v) is 5.26. The summed E-state index contributed by atoms with van der Waals surface area (Å²) in [5.74, 6) is -2.38. The van der Waals surface area contributed by atoms with Crippen LogP contribution in [0.1, 0.15) is 47.5 Å². The Kier molecular flexibility index (Phi) is 9.17. The van der Waals surface area contributed by atoms with Crippen molar-refractivity contribution >= 4 is 17.9 Å². The third-order valence-corrected chi connectivity index (χ3v) is 2.22. The molecule has 0 fully saturated rings. The zero-order valence-corrected chi connectivity index (χ0v) is 13.3. The minimum atomic E-state index is -1.34. The van der Waals surface area contributed by atoms with Crippen LogP contribution >= 0.6 is 0 Å². The van der Waals surface area contributed by atoms with E-state index in [1.54, 1.807) is 0 Å². The highest BCUT2D eigenvalue weighted by Crippen LogP contribution is 2.17. The lowest BCUT2D eigenvalue weighted by Crippen LogP contribution is -2.33. The van der Waals surface area contributed by atoms with Crippen molar-refractivity contribution in [2.45, 2.75) is 58.5 Å². The highest BCUT2D eigenvalue weighted by Gasteiger charge is 2.32. The highest BCUT2D eigenvalue weighted by molar-refractivity contribution is 5.80. The topological polar surface area (TPSA) is 126 Å². The van der Waals surface area contributed by atoms with Gasteiger partial charge in [-0.3, -0.25) is 4.79 Å². The first-order chi connectivity index (χ1) is 9.40. The number of carbonyl (C=O) groups excluding carboxylic acids is 1. The van der Waals surface area contributed by atoms with Crippen molar-refractivity contribution in [3.05, 3.63) is 0 Å². The third kappa shape index (κ3) is 9.53. The second kappa shape index (κ2) is 9.04. The number of hydrogen-bond acceptors (Lipinski definition) is 6. The predicted molar refractivity (Wildman–Crippen MR) is 75.2 cm³/mol. The predicted octanol–water partition coefficient (Wildman–Crippen LogP) is 2.12. The average molecular weight is 304 g/mol. The molecule has 122 valence electrons. The maximum absolute atomic E-state index is 11.2. The Bertz CT molecular complexity index is 401. The first-order valence-electron chi connectivity index (χ1n) is 6.38. The summed E-state index contributed by atoms with van der Waals surface area (Å²) in [6.07, 6.45) is 1.02. The summed E-state index contributed by atoms with van der Waals surface area (Å²) in [6.45, 7) is 7.63. The Morgan fingerprint density at radius 3 is 1.67 bits per heavy atom. The number of carbonyl (C=O) groups is 3. The Hall–Kier alpha value is -1.99. The number of nitrogens with zero attached hydrogens (tertiary/aromatic N) is 2. The fraction of sp³-hybridized carbons (Fsp3) is 0.769. The van der Waals surface area contributed by atoms with Gasteiger partial charge < -0.3 is 14.9 Å². The van der Waals surface area contributed by atoms with Gasteiger partial charge in [0.05, 0.1) is 7.11 Å². The van der Waals surface area contributed by atoms with Gasteiger partial charge in [-0.25, -0.2) is 9.59 Å². The van der Waals surface area contributed by atoms with Crippen LogP contribution in [-0.2, 0) is 19.1 Å². The van der Waals surface area contributed by atoms with Gasteiger partial charge in [0.25, 0.3) is 0 Å². The van der Waals surface area contributed by atoms with Gasteiger partial charge in [-0.1, -0.05) is 6.92 Å². The molecule has 8 nitrogen and oxygen atoms in total. The van der Waals surface area contributed by atoms with Crippen LogP contribution < -0.4 is 0 Å². The smallest absolute Gasteiger partial charge is 0.335 e. The number of rotatable bonds is 6. The average Bonchev–Trinajstić information content (AvgIpc) is 2.36. The van der Waals surface area contributed by atoms with Gasteiger partial charge in [0, 0.05) is 6.42 Å². The summed E-state index contributed by atoms with van der Waals surface area (Å²) in [4.78, 5) is 31.5. The fourth-order valence-electron chi connectivity index (χ4n) is 0.797. The van der Waals surface area contributed by atoms with Crippen molar-refractivity contribution in [3.63, 3.8) is 0 Å². The lowest BCUT2D eigenvalue weighted by Gasteiger charge is -2.18. The quantitative estimate of drug-likeness (QED) is 0.571. The van der Waals surface area contributed by atoms with Crippen LogP contribution in [0.5, 0.6) is 0 Å². The van der Waals surface area contributed by atoms with Gasteiger partial charge in [-0.05, 0) is 34.1 Å². The number of esters is 1. The zero-order chi connectivity index (χ0) is 17.3. The Balaban J connectivity index is 0. The molecular weight excluding hydrogens is 280 g/mol. The third-order valence-electron chi connectivity index (χ3n) is 2.22. The Morgan fingerprint density at radius 2 is 1.43 bits per heavy atom. The molecule has 0 rings (SSSR count). The molecule has 0 unspecified atom stereocenters. The highest BCUT2D eigenvalue weighted by atomic mass is 16.5. The maximum atomic E-state index is 11.2. The largest absolute Gasteiger partial charge is 0.481 e. The number of carboxylic acids is 2. The molecule has 0 radical (unpaired) electrons. The van der Waals surface area contributed by atoms with Crippen LogP contribution in [0.4, 0.5) is 0 Å². The minimum absolute atomic E-state index is 0.292. The Labute approximate surface area is 124 Å². The van der Waals surface area contributed by atoms with Gasteiger partial charge in [0.15, 0.2) is 11.1 Å². The molecular formula is C13H24N2O6. The van der Waals surface area contributed by atoms with Crippen LogP contribution in [0.2, 0.25) is 0 Å². The van der Waals surface area contributed by atoms with Gasteiger partial charge in [0.2, 0.25) is 0 Å². The summed E-state index contributed by atoms with van der Waals surface area (Å²) in [6, 6.07) is 0. The fourth-order valence-corrected chi connectivity index (χ4v) is 0.797. The van der Waals surface area contributed by atoms with E-state index in [4.69, 9.17) is 10.2 Å². The molecule has 0 saturated heterocycles. The molecule has 0 aliphatic carbocycles. The van der Waals surface area contributed by atoms with Crippen LogP contribution in [0.25, 0.3) is 0 Å². The van der Waals surface area contributed by atoms with Crippen LogP contribution in [0, 0.1) is 0 Å².